The molecule has 0 bridgehead atoms. The summed E-state index contributed by atoms with van der Waals surface area (Å²) >= 11 is 1.54. The summed E-state index contributed by atoms with van der Waals surface area (Å²) in [6.07, 6.45) is 0. The number of hydrogen-bond donors (Lipinski definition) is 2. The molecule has 0 aliphatic carbocycles. The fourth-order valence-electron chi connectivity index (χ4n) is 1.78. The van der Waals surface area contributed by atoms with E-state index < -0.39 is 0 Å². The second-order valence-corrected chi connectivity index (χ2v) is 5.11. The first-order valence-electron chi connectivity index (χ1n) is 5.86. The summed E-state index contributed by atoms with van der Waals surface area (Å²) in [7, 11) is 0. The van der Waals surface area contributed by atoms with Gasteiger partial charge in [0.25, 0.3) is 5.91 Å². The van der Waals surface area contributed by atoms with Crippen molar-refractivity contribution in [2.24, 2.45) is 0 Å². The number of rotatable bonds is 3. The minimum absolute atomic E-state index is 0.218. The highest BCUT2D eigenvalue weighted by Crippen LogP contribution is 2.11. The summed E-state index contributed by atoms with van der Waals surface area (Å²) < 4.78 is 0. The van der Waals surface area contributed by atoms with Crippen molar-refractivity contribution in [3.05, 3.63) is 46.2 Å². The molecule has 0 radical (unpaired) electrons. The number of thiazole rings is 1. The van der Waals surface area contributed by atoms with E-state index in [9.17, 15) is 4.79 Å². The number of aromatic amines is 1. The van der Waals surface area contributed by atoms with E-state index in [1.807, 2.05) is 36.6 Å². The van der Waals surface area contributed by atoms with E-state index in [4.69, 9.17) is 0 Å². The fourth-order valence-corrected chi connectivity index (χ4v) is 2.50. The third-order valence-electron chi connectivity index (χ3n) is 2.67. The third-order valence-corrected chi connectivity index (χ3v) is 3.64. The molecule has 0 atom stereocenters. The van der Waals surface area contributed by atoms with Crippen LogP contribution < -0.4 is 5.32 Å². The first-order chi connectivity index (χ1) is 9.22. The molecule has 0 spiro atoms. The molecule has 0 aliphatic heterocycles. The van der Waals surface area contributed by atoms with Crippen molar-refractivity contribution in [2.75, 3.05) is 0 Å². The van der Waals surface area contributed by atoms with Gasteiger partial charge in [-0.3, -0.25) is 4.79 Å². The van der Waals surface area contributed by atoms with Gasteiger partial charge in [0.15, 0.2) is 5.82 Å². The van der Waals surface area contributed by atoms with Crippen LogP contribution in [0.3, 0.4) is 0 Å². The number of carbonyl (C=O) groups is 1. The van der Waals surface area contributed by atoms with E-state index in [1.165, 1.54) is 11.3 Å². The average molecular weight is 272 g/mol. The number of amides is 1. The molecule has 1 aromatic carbocycles. The topological polar surface area (TPSA) is 70.7 Å². The average Bonchev–Trinajstić information content (AvgIpc) is 3.01. The van der Waals surface area contributed by atoms with Crippen molar-refractivity contribution in [1.29, 1.82) is 0 Å². The first kappa shape index (κ1) is 11.9. The molecular formula is C13H12N4OS. The van der Waals surface area contributed by atoms with Crippen LogP contribution in [0, 0.1) is 6.92 Å². The van der Waals surface area contributed by atoms with Gasteiger partial charge < -0.3 is 10.3 Å². The normalized spacial score (nSPS) is 10.8. The smallest absolute Gasteiger partial charge is 0.287 e. The number of H-pyrrole nitrogens is 1. The van der Waals surface area contributed by atoms with Crippen molar-refractivity contribution in [3.8, 4) is 0 Å². The molecule has 0 unspecified atom stereocenters. The van der Waals surface area contributed by atoms with Gasteiger partial charge in [-0.1, -0.05) is 12.1 Å². The highest BCUT2D eigenvalue weighted by molar-refractivity contribution is 7.09. The van der Waals surface area contributed by atoms with Crippen LogP contribution in [0.4, 0.5) is 0 Å². The van der Waals surface area contributed by atoms with E-state index >= 15 is 0 Å². The monoisotopic (exact) mass is 272 g/mol. The Morgan fingerprint density at radius 1 is 1.37 bits per heavy atom. The van der Waals surface area contributed by atoms with Crippen LogP contribution in [0.15, 0.2) is 29.6 Å². The maximum absolute atomic E-state index is 12.0. The third kappa shape index (κ3) is 2.48. The van der Waals surface area contributed by atoms with Crippen LogP contribution in [-0.4, -0.2) is 20.9 Å². The molecule has 0 saturated carbocycles. The van der Waals surface area contributed by atoms with E-state index in [1.54, 1.807) is 0 Å². The Morgan fingerprint density at radius 3 is 2.95 bits per heavy atom. The van der Waals surface area contributed by atoms with Gasteiger partial charge in [-0.15, -0.1) is 11.3 Å². The summed E-state index contributed by atoms with van der Waals surface area (Å²) in [5, 5.41) is 5.66. The van der Waals surface area contributed by atoms with Gasteiger partial charge in [-0.2, -0.15) is 0 Å². The van der Waals surface area contributed by atoms with Gasteiger partial charge in [0.05, 0.1) is 17.6 Å². The maximum atomic E-state index is 12.0. The van der Waals surface area contributed by atoms with Crippen LogP contribution in [0.2, 0.25) is 0 Å². The Balaban J connectivity index is 1.73. The Hall–Kier alpha value is -2.21. The number of aromatic nitrogens is 3. The molecule has 6 heteroatoms. The van der Waals surface area contributed by atoms with Crippen LogP contribution >= 0.6 is 11.3 Å². The summed E-state index contributed by atoms with van der Waals surface area (Å²) in [5.41, 5.74) is 2.62. The van der Waals surface area contributed by atoms with E-state index in [0.29, 0.717) is 12.4 Å². The van der Waals surface area contributed by atoms with Gasteiger partial charge in [-0.05, 0) is 19.1 Å². The molecular weight excluding hydrogens is 260 g/mol. The van der Waals surface area contributed by atoms with Gasteiger partial charge >= 0.3 is 0 Å². The van der Waals surface area contributed by atoms with Crippen LogP contribution in [-0.2, 0) is 6.54 Å². The number of fused-ring (bicyclic) bond motifs is 1. The number of nitrogens with one attached hydrogen (secondary N) is 2. The number of carbonyl (C=O) groups excluding carboxylic acids is 1. The fraction of sp³-hybridized carbons (Fsp3) is 0.154. The second kappa shape index (κ2) is 4.81. The molecule has 1 amide bonds. The number of imidazole rings is 1. The summed E-state index contributed by atoms with van der Waals surface area (Å²) in [5.74, 6) is 0.110. The van der Waals surface area contributed by atoms with Crippen molar-refractivity contribution >= 4 is 28.3 Å². The molecule has 3 aromatic rings. The quantitative estimate of drug-likeness (QED) is 0.768. The number of aryl methyl sites for hydroxylation is 1. The largest absolute Gasteiger partial charge is 0.343 e. The Morgan fingerprint density at radius 2 is 2.21 bits per heavy atom. The molecule has 2 heterocycles. The zero-order valence-electron chi connectivity index (χ0n) is 10.3. The van der Waals surface area contributed by atoms with Crippen molar-refractivity contribution in [3.63, 3.8) is 0 Å². The minimum atomic E-state index is -0.218. The van der Waals surface area contributed by atoms with Crippen LogP contribution in [0.5, 0.6) is 0 Å². The molecule has 96 valence electrons. The van der Waals surface area contributed by atoms with E-state index in [2.05, 4.69) is 20.3 Å². The van der Waals surface area contributed by atoms with Crippen molar-refractivity contribution < 1.29 is 4.79 Å². The Labute approximate surface area is 113 Å². The molecule has 0 fully saturated rings. The van der Waals surface area contributed by atoms with Crippen molar-refractivity contribution in [1.82, 2.24) is 20.3 Å². The Bertz CT molecular complexity index is 698. The Kier molecular flexibility index (Phi) is 3.00. The molecule has 3 rings (SSSR count). The second-order valence-electron chi connectivity index (χ2n) is 4.17. The van der Waals surface area contributed by atoms with Crippen molar-refractivity contribution in [2.45, 2.75) is 13.5 Å². The number of hydrogen-bond acceptors (Lipinski definition) is 4. The SMILES string of the molecule is Cc1csc(CNC(=O)c2nc3ccccc3[nH]2)n1. The standard InChI is InChI=1S/C13H12N4OS/c1-8-7-19-11(15-8)6-14-13(18)12-16-9-4-2-3-5-10(9)17-12/h2-5,7H,6H2,1H3,(H,14,18)(H,16,17). The summed E-state index contributed by atoms with van der Waals surface area (Å²) in [4.78, 5) is 23.5. The number of para-hydroxylation sites is 2. The molecule has 0 aliphatic rings. The highest BCUT2D eigenvalue weighted by atomic mass is 32.1. The lowest BCUT2D eigenvalue weighted by atomic mass is 10.3. The lowest BCUT2D eigenvalue weighted by Gasteiger charge is -1.99. The number of nitrogens with zero attached hydrogens (tertiary/aromatic N) is 2. The van der Waals surface area contributed by atoms with Gasteiger partial charge in [0, 0.05) is 11.1 Å². The minimum Gasteiger partial charge on any atom is -0.343 e. The highest BCUT2D eigenvalue weighted by Gasteiger charge is 2.11. The number of benzene rings is 1. The molecule has 2 N–H and O–H groups in total. The molecule has 5 nitrogen and oxygen atoms in total. The predicted octanol–water partition coefficient (Wildman–Crippen LogP) is 2.26. The molecule has 0 saturated heterocycles. The van der Waals surface area contributed by atoms with Crippen LogP contribution in [0.25, 0.3) is 11.0 Å². The van der Waals surface area contributed by atoms with Gasteiger partial charge in [0.1, 0.15) is 5.01 Å². The van der Waals surface area contributed by atoms with E-state index in [0.717, 1.165) is 21.7 Å². The predicted molar refractivity (Wildman–Crippen MR) is 74.1 cm³/mol. The van der Waals surface area contributed by atoms with E-state index in [-0.39, 0.29) is 5.91 Å². The molecule has 2 aromatic heterocycles. The van der Waals surface area contributed by atoms with Gasteiger partial charge in [-0.25, -0.2) is 9.97 Å². The van der Waals surface area contributed by atoms with Gasteiger partial charge in [0.2, 0.25) is 0 Å². The first-order valence-corrected chi connectivity index (χ1v) is 6.74. The summed E-state index contributed by atoms with van der Waals surface area (Å²) in [6.45, 7) is 2.36. The maximum Gasteiger partial charge on any atom is 0.287 e. The van der Waals surface area contributed by atoms with Crippen LogP contribution in [0.1, 0.15) is 21.3 Å². The summed E-state index contributed by atoms with van der Waals surface area (Å²) in [6, 6.07) is 7.56. The zero-order chi connectivity index (χ0) is 13.2. The zero-order valence-corrected chi connectivity index (χ0v) is 11.1. The molecule has 19 heavy (non-hydrogen) atoms. The lowest BCUT2D eigenvalue weighted by molar-refractivity contribution is 0.0941. The lowest BCUT2D eigenvalue weighted by Crippen LogP contribution is -2.23.